The summed E-state index contributed by atoms with van der Waals surface area (Å²) < 4.78 is 29.6. The SMILES string of the molecule is NC(N)=NCCCCNC(=O)C1Cc2ccc(cc2)NC(=O)CCN2CCCCN(CCC(=O)Nc3ccc(cc3)CC(NS(=O)(=O)Cc3ccccc3)C(=O)N1)CC2. The second-order valence-electron chi connectivity index (χ2n) is 15.1. The lowest BCUT2D eigenvalue weighted by Gasteiger charge is -2.30. The predicted octanol–water partition coefficient (Wildman–Crippen LogP) is 1.68. The van der Waals surface area contributed by atoms with Crippen LogP contribution < -0.4 is 37.5 Å². The number of aliphatic imine (C=N–C) groups is 1. The van der Waals surface area contributed by atoms with Gasteiger partial charge in [0, 0.05) is 69.9 Å². The molecule has 1 saturated heterocycles. The Morgan fingerprint density at radius 1 is 0.729 bits per heavy atom. The zero-order valence-electron chi connectivity index (χ0n) is 33.5. The van der Waals surface area contributed by atoms with E-state index in [1.165, 1.54) is 0 Å². The van der Waals surface area contributed by atoms with Gasteiger partial charge in [0.25, 0.3) is 0 Å². The lowest BCUT2D eigenvalue weighted by molar-refractivity contribution is -0.129. The van der Waals surface area contributed by atoms with Gasteiger partial charge in [-0.2, -0.15) is 0 Å². The average molecular weight is 831 g/mol. The molecule has 3 aromatic rings. The molecule has 318 valence electrons. The predicted molar refractivity (Wildman–Crippen MR) is 230 cm³/mol. The van der Waals surface area contributed by atoms with Crippen molar-refractivity contribution in [3.8, 4) is 0 Å². The largest absolute Gasteiger partial charge is 0.370 e. The van der Waals surface area contributed by atoms with Crippen molar-refractivity contribution in [1.29, 1.82) is 0 Å². The molecule has 17 heteroatoms. The van der Waals surface area contributed by atoms with Gasteiger partial charge in [-0.25, -0.2) is 13.1 Å². The quantitative estimate of drug-likeness (QED) is 0.0888. The number of carbonyl (C=O) groups is 4. The fourth-order valence-corrected chi connectivity index (χ4v) is 8.35. The van der Waals surface area contributed by atoms with Crippen LogP contribution in [0.25, 0.3) is 0 Å². The highest BCUT2D eigenvalue weighted by atomic mass is 32.2. The Morgan fingerprint density at radius 3 is 1.85 bits per heavy atom. The van der Waals surface area contributed by atoms with Crippen LogP contribution in [0.4, 0.5) is 11.4 Å². The normalized spacial score (nSPS) is 21.3. The van der Waals surface area contributed by atoms with Crippen molar-refractivity contribution in [3.05, 3.63) is 95.6 Å². The first kappa shape index (κ1) is 44.7. The molecule has 0 aliphatic carbocycles. The number of nitrogens with zero attached hydrogens (tertiary/aromatic N) is 3. The molecule has 4 heterocycles. The maximum absolute atomic E-state index is 14.2. The van der Waals surface area contributed by atoms with Gasteiger partial charge in [-0.05, 0) is 86.1 Å². The number of nitrogens with two attached hydrogens (primary N) is 2. The minimum absolute atomic E-state index is 0.0150. The Labute approximate surface area is 347 Å². The molecule has 0 spiro atoms. The Bertz CT molecular complexity index is 1980. The maximum Gasteiger partial charge on any atom is 0.242 e. The number of carbonyl (C=O) groups excluding carboxylic acids is 4. The van der Waals surface area contributed by atoms with Crippen molar-refractivity contribution >= 4 is 51.0 Å². The molecule has 9 N–H and O–H groups in total. The van der Waals surface area contributed by atoms with Crippen molar-refractivity contribution in [3.63, 3.8) is 0 Å². The molecule has 1 fully saturated rings. The Kier molecular flexibility index (Phi) is 17.2. The van der Waals surface area contributed by atoms with Crippen molar-refractivity contribution in [1.82, 2.24) is 25.2 Å². The highest BCUT2D eigenvalue weighted by Gasteiger charge is 2.30. The monoisotopic (exact) mass is 830 g/mol. The van der Waals surface area contributed by atoms with E-state index in [1.54, 1.807) is 78.9 Å². The first-order valence-electron chi connectivity index (χ1n) is 20.3. The second-order valence-corrected chi connectivity index (χ2v) is 16.8. The number of hydrogen-bond acceptors (Lipinski definition) is 9. The van der Waals surface area contributed by atoms with Crippen LogP contribution >= 0.6 is 0 Å². The van der Waals surface area contributed by atoms with Gasteiger partial charge >= 0.3 is 0 Å². The molecule has 6 bridgehead atoms. The van der Waals surface area contributed by atoms with Gasteiger partial charge in [-0.1, -0.05) is 54.6 Å². The molecule has 3 aromatic carbocycles. The van der Waals surface area contributed by atoms with Crippen LogP contribution in [0.15, 0.2) is 83.9 Å². The smallest absolute Gasteiger partial charge is 0.242 e. The van der Waals surface area contributed by atoms with Crippen LogP contribution in [0.5, 0.6) is 0 Å². The molecule has 0 radical (unpaired) electrons. The number of anilines is 2. The van der Waals surface area contributed by atoms with Crippen LogP contribution in [0.2, 0.25) is 0 Å². The number of fused-ring (bicyclic) bond motifs is 2. The first-order chi connectivity index (χ1) is 28.4. The minimum Gasteiger partial charge on any atom is -0.370 e. The number of benzene rings is 3. The van der Waals surface area contributed by atoms with E-state index < -0.39 is 33.9 Å². The van der Waals surface area contributed by atoms with Gasteiger partial charge in [0.05, 0.1) is 5.75 Å². The van der Waals surface area contributed by atoms with Crippen molar-refractivity contribution in [2.75, 3.05) is 63.0 Å². The number of nitrogens with one attached hydrogen (secondary N) is 5. The number of hydrogen-bond donors (Lipinski definition) is 7. The van der Waals surface area contributed by atoms with Crippen LogP contribution in [-0.4, -0.2) is 112 Å². The van der Waals surface area contributed by atoms with E-state index in [9.17, 15) is 27.6 Å². The van der Waals surface area contributed by atoms with Crippen LogP contribution in [0.1, 0.15) is 55.2 Å². The Morgan fingerprint density at radius 2 is 1.29 bits per heavy atom. The molecular weight excluding hydrogens is 773 g/mol. The van der Waals surface area contributed by atoms with E-state index in [0.29, 0.717) is 79.9 Å². The van der Waals surface area contributed by atoms with Gasteiger partial charge in [-0.3, -0.25) is 24.2 Å². The maximum atomic E-state index is 14.2. The van der Waals surface area contributed by atoms with Crippen LogP contribution in [0, 0.1) is 0 Å². The summed E-state index contributed by atoms with van der Waals surface area (Å²) in [6.07, 6.45) is 3.88. The summed E-state index contributed by atoms with van der Waals surface area (Å²) in [5, 5.41) is 11.6. The van der Waals surface area contributed by atoms with E-state index >= 15 is 0 Å². The lowest BCUT2D eigenvalue weighted by Crippen LogP contribution is -2.55. The van der Waals surface area contributed by atoms with E-state index in [1.807, 2.05) is 0 Å². The summed E-state index contributed by atoms with van der Waals surface area (Å²) in [5.74, 6) is -1.77. The number of rotatable bonds is 10. The van der Waals surface area contributed by atoms with Gasteiger partial charge in [-0.15, -0.1) is 0 Å². The summed E-state index contributed by atoms with van der Waals surface area (Å²) in [7, 11) is -4.04. The second kappa shape index (κ2) is 22.7. The molecular formula is C42H58N10O6S. The molecule has 4 unspecified atom stereocenters. The molecule has 0 aromatic heterocycles. The highest BCUT2D eigenvalue weighted by Crippen LogP contribution is 2.16. The van der Waals surface area contributed by atoms with Crippen molar-refractivity contribution in [2.45, 2.75) is 69.2 Å². The molecule has 4 amide bonds. The summed E-state index contributed by atoms with van der Waals surface area (Å²) in [5.41, 5.74) is 13.9. The van der Waals surface area contributed by atoms with Crippen molar-refractivity contribution in [2.24, 2.45) is 16.5 Å². The highest BCUT2D eigenvalue weighted by molar-refractivity contribution is 7.88. The van der Waals surface area contributed by atoms with Crippen molar-refractivity contribution < 1.29 is 27.6 Å². The van der Waals surface area contributed by atoms with E-state index in [4.69, 9.17) is 11.5 Å². The fraction of sp³-hybridized carbons (Fsp3) is 0.452. The Hall–Kier alpha value is -5.36. The van der Waals surface area contributed by atoms with Crippen LogP contribution in [-0.2, 0) is 47.8 Å². The summed E-state index contributed by atoms with van der Waals surface area (Å²) in [6, 6.07) is 20.3. The third kappa shape index (κ3) is 16.1. The third-order valence-corrected chi connectivity index (χ3v) is 11.6. The number of guanidine groups is 1. The lowest BCUT2D eigenvalue weighted by atomic mass is 10.0. The molecule has 4 aliphatic rings. The van der Waals surface area contributed by atoms with Gasteiger partial charge in [0.1, 0.15) is 12.1 Å². The zero-order chi connectivity index (χ0) is 42.0. The zero-order valence-corrected chi connectivity index (χ0v) is 34.4. The first-order valence-corrected chi connectivity index (χ1v) is 22.0. The average Bonchev–Trinajstić information content (AvgIpc) is 3.19. The van der Waals surface area contributed by atoms with E-state index in [0.717, 1.165) is 39.0 Å². The number of sulfonamides is 1. The standard InChI is InChI=1S/C42H58N10O6S/c43-42(44)46-21-5-4-20-45-40(55)36-28-31-10-14-34(15-11-31)47-38(53)18-24-51-22-6-7-23-52(27-26-51)25-19-39(54)48-35-16-12-32(13-17-35)29-37(41(56)49-36)50-59(57,58)30-33-8-2-1-3-9-33/h1-3,8-17,36-37,50H,4-7,18-30H2,(H,45,55)(H,47,53)(H,48,54)(H,49,56)(H4,43,44,46). The summed E-state index contributed by atoms with van der Waals surface area (Å²) in [4.78, 5) is 62.4. The molecule has 7 rings (SSSR count). The van der Waals surface area contributed by atoms with E-state index in [2.05, 4.69) is 40.8 Å². The molecule has 4 atom stereocenters. The topological polar surface area (TPSA) is 233 Å². The Balaban J connectivity index is 1.39. The van der Waals surface area contributed by atoms with Gasteiger partial charge < -0.3 is 42.5 Å². The number of amides is 4. The minimum atomic E-state index is -4.04. The molecule has 16 nitrogen and oxygen atoms in total. The summed E-state index contributed by atoms with van der Waals surface area (Å²) in [6.45, 7) is 5.33. The number of unbranched alkanes of at least 4 members (excludes halogenated alkanes) is 1. The molecule has 4 aliphatic heterocycles. The van der Waals surface area contributed by atoms with Gasteiger partial charge in [0.15, 0.2) is 5.96 Å². The van der Waals surface area contributed by atoms with Crippen LogP contribution in [0.3, 0.4) is 0 Å². The third-order valence-electron chi connectivity index (χ3n) is 10.2. The van der Waals surface area contributed by atoms with E-state index in [-0.39, 0.29) is 36.4 Å². The summed E-state index contributed by atoms with van der Waals surface area (Å²) >= 11 is 0. The molecule has 0 saturated carbocycles. The fourth-order valence-electron chi connectivity index (χ4n) is 7.01. The van der Waals surface area contributed by atoms with Gasteiger partial charge in [0.2, 0.25) is 33.7 Å². The molecule has 59 heavy (non-hydrogen) atoms.